The van der Waals surface area contributed by atoms with E-state index in [0.29, 0.717) is 30.4 Å². The Balaban J connectivity index is 1.28. The predicted molar refractivity (Wildman–Crippen MR) is 202 cm³/mol. The Bertz CT molecular complexity index is 1990. The number of amides is 4. The number of fused-ring (bicyclic) bond motifs is 1. The number of ketones is 1. The molecule has 1 aromatic carbocycles. The molecule has 6 rings (SSSR count). The number of carbonyl (C=O) groups excluding carboxylic acids is 5. The number of ether oxygens (including phenoxy) is 3. The van der Waals surface area contributed by atoms with Gasteiger partial charge in [-0.3, -0.25) is 23.9 Å². The fourth-order valence-corrected chi connectivity index (χ4v) is 8.56. The summed E-state index contributed by atoms with van der Waals surface area (Å²) in [6.07, 6.45) is 5.79. The number of alkyl carbamates (subject to hydrolysis) is 1. The van der Waals surface area contributed by atoms with Gasteiger partial charge < -0.3 is 29.7 Å². The molecule has 5 atom stereocenters. The van der Waals surface area contributed by atoms with Crippen molar-refractivity contribution in [3.8, 4) is 11.6 Å². The molecular weight excluding hydrogens is 731 g/mol. The lowest BCUT2D eigenvalue weighted by Gasteiger charge is -2.30. The van der Waals surface area contributed by atoms with Crippen LogP contribution in [-0.2, 0) is 33.9 Å². The summed E-state index contributed by atoms with van der Waals surface area (Å²) in [7, 11) is -2.33. The maximum absolute atomic E-state index is 14.6. The Morgan fingerprint density at radius 2 is 1.85 bits per heavy atom. The lowest BCUT2D eigenvalue weighted by atomic mass is 9.91. The zero-order chi connectivity index (χ0) is 39.7. The van der Waals surface area contributed by atoms with Crippen molar-refractivity contribution in [2.45, 2.75) is 126 Å². The van der Waals surface area contributed by atoms with Crippen molar-refractivity contribution in [2.75, 3.05) is 13.7 Å². The number of hydrogen-bond donors (Lipinski definition) is 3. The first-order valence-electron chi connectivity index (χ1n) is 19.0. The highest BCUT2D eigenvalue weighted by atomic mass is 32.2. The van der Waals surface area contributed by atoms with Crippen LogP contribution in [0.4, 0.5) is 4.79 Å². The molecule has 0 radical (unpaired) electrons. The third-order valence-electron chi connectivity index (χ3n) is 10.6. The van der Waals surface area contributed by atoms with Crippen LogP contribution in [0.3, 0.4) is 0 Å². The third kappa shape index (κ3) is 9.39. The van der Waals surface area contributed by atoms with E-state index in [0.717, 1.165) is 30.2 Å². The van der Waals surface area contributed by atoms with Crippen LogP contribution in [0.5, 0.6) is 11.6 Å². The van der Waals surface area contributed by atoms with Gasteiger partial charge in [-0.15, -0.1) is 0 Å². The quantitative estimate of drug-likeness (QED) is 0.222. The fourth-order valence-electron chi connectivity index (χ4n) is 7.20. The van der Waals surface area contributed by atoms with Gasteiger partial charge >= 0.3 is 6.09 Å². The van der Waals surface area contributed by atoms with Gasteiger partial charge in [0.15, 0.2) is 5.78 Å². The van der Waals surface area contributed by atoms with Gasteiger partial charge in [-0.2, -0.15) is 0 Å². The Kier molecular flexibility index (Phi) is 11.5. The van der Waals surface area contributed by atoms with Crippen LogP contribution < -0.4 is 24.8 Å². The Morgan fingerprint density at radius 1 is 1.11 bits per heavy atom. The second-order valence-corrected chi connectivity index (χ2v) is 18.0. The summed E-state index contributed by atoms with van der Waals surface area (Å²) in [6.45, 7) is 6.80. The minimum absolute atomic E-state index is 0.00908. The summed E-state index contributed by atoms with van der Waals surface area (Å²) in [5.41, 5.74) is -1.32. The van der Waals surface area contributed by atoms with Gasteiger partial charge in [0, 0.05) is 24.4 Å². The highest BCUT2D eigenvalue weighted by molar-refractivity contribution is 7.91. The summed E-state index contributed by atoms with van der Waals surface area (Å²) in [5.74, 6) is -1.71. The summed E-state index contributed by atoms with van der Waals surface area (Å²) >= 11 is 0. The van der Waals surface area contributed by atoms with Gasteiger partial charge in [-0.1, -0.05) is 18.9 Å². The molecule has 4 fully saturated rings. The average molecular weight is 782 g/mol. The third-order valence-corrected chi connectivity index (χ3v) is 12.5. The maximum Gasteiger partial charge on any atom is 0.408 e. The number of nitrogens with one attached hydrogen (secondary N) is 3. The molecule has 1 aromatic heterocycles. The minimum atomic E-state index is -3.90. The maximum atomic E-state index is 14.6. The Labute approximate surface area is 321 Å². The minimum Gasteiger partial charge on any atom is -0.497 e. The van der Waals surface area contributed by atoms with Crippen molar-refractivity contribution >= 4 is 50.4 Å². The number of sulfonamides is 1. The number of aromatic nitrogens is 1. The van der Waals surface area contributed by atoms with E-state index in [1.807, 2.05) is 13.0 Å². The molecule has 15 nitrogen and oxygen atoms in total. The monoisotopic (exact) mass is 781 g/mol. The van der Waals surface area contributed by atoms with Crippen molar-refractivity contribution in [1.29, 1.82) is 0 Å². The number of methoxy groups -OCH3 is 1. The molecule has 1 aliphatic heterocycles. The zero-order valence-corrected chi connectivity index (χ0v) is 32.8. The lowest BCUT2D eigenvalue weighted by Crippen LogP contribution is -2.58. The van der Waals surface area contributed by atoms with E-state index >= 15 is 0 Å². The molecule has 0 spiro atoms. The zero-order valence-electron chi connectivity index (χ0n) is 32.0. The van der Waals surface area contributed by atoms with E-state index in [1.165, 1.54) is 4.90 Å². The molecule has 298 valence electrons. The molecule has 1 saturated heterocycles. The fraction of sp³-hybridized carbons (Fsp3) is 0.590. The van der Waals surface area contributed by atoms with Gasteiger partial charge in [-0.05, 0) is 107 Å². The standard InChI is InChI=1S/C39H51N5O10S/c1-6-25-21-39(25,36(48)43-55(50,51)29-12-13-29)42-33(46)32-20-28(53-34-30-14-11-27(52-5)19-24(30)16-17-40-34)22-44(32)35(47)31(41-37(49)54-38(2,3)4)15-10-26(45)18-23-8-7-9-23/h11,14,16-19,25,28-29,31-32H,6-10,12-13,15,20-22H2,1-5H3,(H,41,49)(H,42,46)(H,43,48)/t25?,28-,31+,32+,39-/m1/s1. The van der Waals surface area contributed by atoms with Crippen LogP contribution >= 0.6 is 0 Å². The molecule has 0 bridgehead atoms. The molecule has 2 heterocycles. The number of nitrogens with zero attached hydrogens (tertiary/aromatic N) is 2. The van der Waals surface area contributed by atoms with Gasteiger partial charge in [0.1, 0.15) is 35.1 Å². The summed E-state index contributed by atoms with van der Waals surface area (Å²) < 4.78 is 44.9. The van der Waals surface area contributed by atoms with E-state index in [4.69, 9.17) is 14.2 Å². The Morgan fingerprint density at radius 3 is 2.47 bits per heavy atom. The van der Waals surface area contributed by atoms with Crippen molar-refractivity contribution < 1.29 is 46.6 Å². The molecule has 2 aromatic rings. The molecule has 3 aliphatic carbocycles. The topological polar surface area (TPSA) is 199 Å². The van der Waals surface area contributed by atoms with E-state index in [2.05, 4.69) is 20.3 Å². The number of hydrogen-bond acceptors (Lipinski definition) is 11. The van der Waals surface area contributed by atoms with E-state index in [1.54, 1.807) is 58.4 Å². The van der Waals surface area contributed by atoms with Crippen molar-refractivity contribution in [3.63, 3.8) is 0 Å². The van der Waals surface area contributed by atoms with Crippen LogP contribution in [0.2, 0.25) is 0 Å². The molecular formula is C39H51N5O10S. The molecule has 3 saturated carbocycles. The number of pyridine rings is 1. The molecule has 55 heavy (non-hydrogen) atoms. The molecule has 16 heteroatoms. The molecule has 1 unspecified atom stereocenters. The first-order valence-corrected chi connectivity index (χ1v) is 20.6. The van der Waals surface area contributed by atoms with Crippen LogP contribution in [-0.4, -0.2) is 96.1 Å². The van der Waals surface area contributed by atoms with Gasteiger partial charge in [0.25, 0.3) is 5.91 Å². The summed E-state index contributed by atoms with van der Waals surface area (Å²) in [4.78, 5) is 74.1. The largest absolute Gasteiger partial charge is 0.497 e. The number of benzene rings is 1. The second kappa shape index (κ2) is 15.8. The molecule has 4 amide bonds. The van der Waals surface area contributed by atoms with E-state index in [9.17, 15) is 32.4 Å². The summed E-state index contributed by atoms with van der Waals surface area (Å²) in [6, 6.07) is 4.75. The van der Waals surface area contributed by atoms with E-state index in [-0.39, 0.29) is 49.8 Å². The van der Waals surface area contributed by atoms with Crippen molar-refractivity contribution in [3.05, 3.63) is 42.1 Å². The molecule has 4 aliphatic rings. The SMILES string of the molecule is CCC1C[C@]1(NC(=O)[C@@H]1C[C@@H](Oc2nccc3cc(OC)ccc23)CN1C(=O)[C@H](CCC(=O)C=C1CCC1)NC(=O)OC(C)(C)C)C(=O)NS(=O)(=O)C1CC1. The second-order valence-electron chi connectivity index (χ2n) is 16.0. The summed E-state index contributed by atoms with van der Waals surface area (Å²) in [5, 5.41) is 6.29. The number of carbonyl (C=O) groups is 5. The first kappa shape index (κ1) is 39.9. The lowest BCUT2D eigenvalue weighted by molar-refractivity contribution is -0.141. The van der Waals surface area contributed by atoms with Gasteiger partial charge in [-0.25, -0.2) is 18.2 Å². The van der Waals surface area contributed by atoms with Crippen LogP contribution in [0.15, 0.2) is 42.1 Å². The Hall–Kier alpha value is -4.73. The van der Waals surface area contributed by atoms with Crippen molar-refractivity contribution in [2.24, 2.45) is 5.92 Å². The highest BCUT2D eigenvalue weighted by Crippen LogP contribution is 2.47. The first-order chi connectivity index (χ1) is 26.0. The van der Waals surface area contributed by atoms with Crippen molar-refractivity contribution in [1.82, 2.24) is 25.2 Å². The molecule has 3 N–H and O–H groups in total. The van der Waals surface area contributed by atoms with E-state index < -0.39 is 68.4 Å². The predicted octanol–water partition coefficient (Wildman–Crippen LogP) is 3.84. The smallest absolute Gasteiger partial charge is 0.408 e. The van der Waals surface area contributed by atoms with Crippen LogP contribution in [0, 0.1) is 5.92 Å². The van der Waals surface area contributed by atoms with Gasteiger partial charge in [0.05, 0.1) is 18.9 Å². The van der Waals surface area contributed by atoms with Gasteiger partial charge in [0.2, 0.25) is 27.7 Å². The van der Waals surface area contributed by atoms with Crippen LogP contribution in [0.25, 0.3) is 10.8 Å². The van der Waals surface area contributed by atoms with Crippen LogP contribution in [0.1, 0.15) is 91.9 Å². The number of rotatable bonds is 15. The normalized spacial score (nSPS) is 23.9. The highest BCUT2D eigenvalue weighted by Gasteiger charge is 2.62. The number of allylic oxidation sites excluding steroid dienone is 2. The average Bonchev–Trinajstić information content (AvgIpc) is 4.04. The number of likely N-dealkylation sites (tertiary alicyclic amines) is 1.